The van der Waals surface area contributed by atoms with Gasteiger partial charge in [0.25, 0.3) is 0 Å². The summed E-state index contributed by atoms with van der Waals surface area (Å²) in [6.07, 6.45) is 3.38. The summed E-state index contributed by atoms with van der Waals surface area (Å²) >= 11 is 0. The van der Waals surface area contributed by atoms with E-state index >= 15 is 0 Å². The second-order valence-corrected chi connectivity index (χ2v) is 7.85. The number of aromatic nitrogens is 1. The molecule has 0 saturated carbocycles. The zero-order chi connectivity index (χ0) is 23.8. The standard InChI is InChI=1S/C24H27N3O6/c1-24(2,11-12-32-18-8-6-17(30-3)7-9-18)27-23(29)22(28)26-16-5-10-19(20(13-16)31-4)21-14-25-15-33-21/h5-10,13-15H,11-12H2,1-4H3,(H,26,28)(H,27,29). The number of nitrogens with zero attached hydrogens (tertiary/aromatic N) is 1. The van der Waals surface area contributed by atoms with E-state index in [4.69, 9.17) is 18.6 Å². The number of rotatable bonds is 9. The number of methoxy groups -OCH3 is 2. The van der Waals surface area contributed by atoms with E-state index in [-0.39, 0.29) is 0 Å². The number of oxazole rings is 1. The number of hydrogen-bond acceptors (Lipinski definition) is 7. The van der Waals surface area contributed by atoms with Crippen LogP contribution in [-0.4, -0.2) is 43.2 Å². The van der Waals surface area contributed by atoms with E-state index in [1.807, 2.05) is 13.8 Å². The number of anilines is 1. The Bertz CT molecular complexity index is 1080. The number of nitrogens with one attached hydrogen (secondary N) is 2. The second kappa shape index (κ2) is 10.5. The van der Waals surface area contributed by atoms with Crippen molar-refractivity contribution in [2.75, 3.05) is 26.1 Å². The third-order valence-electron chi connectivity index (χ3n) is 4.87. The van der Waals surface area contributed by atoms with Crippen LogP contribution in [-0.2, 0) is 9.59 Å². The van der Waals surface area contributed by atoms with Crippen LogP contribution in [0.2, 0.25) is 0 Å². The molecule has 0 unspecified atom stereocenters. The molecule has 0 saturated heterocycles. The first-order valence-electron chi connectivity index (χ1n) is 10.3. The van der Waals surface area contributed by atoms with Crippen LogP contribution in [0.5, 0.6) is 17.2 Å². The first-order valence-corrected chi connectivity index (χ1v) is 10.3. The molecule has 0 fully saturated rings. The van der Waals surface area contributed by atoms with Crippen LogP contribution < -0.4 is 24.8 Å². The quantitative estimate of drug-likeness (QED) is 0.476. The third-order valence-corrected chi connectivity index (χ3v) is 4.87. The fourth-order valence-corrected chi connectivity index (χ4v) is 3.03. The highest BCUT2D eigenvalue weighted by atomic mass is 16.5. The van der Waals surface area contributed by atoms with Crippen LogP contribution >= 0.6 is 0 Å². The zero-order valence-corrected chi connectivity index (χ0v) is 19.0. The lowest BCUT2D eigenvalue weighted by Crippen LogP contribution is -2.48. The van der Waals surface area contributed by atoms with Crippen molar-refractivity contribution in [2.45, 2.75) is 25.8 Å². The molecular weight excluding hydrogens is 426 g/mol. The number of carbonyl (C=O) groups is 2. The third kappa shape index (κ3) is 6.49. The van der Waals surface area contributed by atoms with Crippen molar-refractivity contribution in [1.82, 2.24) is 10.3 Å². The molecule has 9 heteroatoms. The fourth-order valence-electron chi connectivity index (χ4n) is 3.03. The van der Waals surface area contributed by atoms with Gasteiger partial charge in [0, 0.05) is 23.7 Å². The van der Waals surface area contributed by atoms with Crippen LogP contribution in [0.25, 0.3) is 11.3 Å². The van der Waals surface area contributed by atoms with E-state index in [2.05, 4.69) is 15.6 Å². The van der Waals surface area contributed by atoms with E-state index in [9.17, 15) is 9.59 Å². The van der Waals surface area contributed by atoms with E-state index in [1.54, 1.807) is 55.8 Å². The lowest BCUT2D eigenvalue weighted by atomic mass is 10.0. The molecule has 3 rings (SSSR count). The number of ether oxygens (including phenoxy) is 3. The van der Waals surface area contributed by atoms with Gasteiger partial charge in [0.05, 0.1) is 32.6 Å². The van der Waals surface area contributed by atoms with E-state index in [0.717, 1.165) is 5.75 Å². The highest BCUT2D eigenvalue weighted by Crippen LogP contribution is 2.32. The largest absolute Gasteiger partial charge is 0.497 e. The van der Waals surface area contributed by atoms with Crippen molar-refractivity contribution in [3.63, 3.8) is 0 Å². The molecule has 2 N–H and O–H groups in total. The van der Waals surface area contributed by atoms with Crippen molar-refractivity contribution in [1.29, 1.82) is 0 Å². The Morgan fingerprint density at radius 1 is 1.00 bits per heavy atom. The van der Waals surface area contributed by atoms with Gasteiger partial charge in [-0.1, -0.05) is 0 Å². The number of benzene rings is 2. The highest BCUT2D eigenvalue weighted by molar-refractivity contribution is 6.39. The SMILES string of the molecule is COc1ccc(OCCC(C)(C)NC(=O)C(=O)Nc2ccc(-c3cnco3)c(OC)c2)cc1. The Kier molecular flexibility index (Phi) is 7.55. The van der Waals surface area contributed by atoms with Crippen LogP contribution in [0.4, 0.5) is 5.69 Å². The minimum atomic E-state index is -0.784. The molecular formula is C24H27N3O6. The van der Waals surface area contributed by atoms with Gasteiger partial charge in [0.15, 0.2) is 12.2 Å². The number of carbonyl (C=O) groups excluding carboxylic acids is 2. The van der Waals surface area contributed by atoms with Gasteiger partial charge in [-0.15, -0.1) is 0 Å². The van der Waals surface area contributed by atoms with Gasteiger partial charge in [-0.2, -0.15) is 0 Å². The molecule has 0 radical (unpaired) electrons. The van der Waals surface area contributed by atoms with E-state index in [0.29, 0.717) is 41.5 Å². The molecule has 0 aliphatic rings. The van der Waals surface area contributed by atoms with Crippen molar-refractivity contribution >= 4 is 17.5 Å². The summed E-state index contributed by atoms with van der Waals surface area (Å²) in [5.74, 6) is 0.906. The summed E-state index contributed by atoms with van der Waals surface area (Å²) in [6.45, 7) is 4.01. The molecule has 0 bridgehead atoms. The molecule has 174 valence electrons. The lowest BCUT2D eigenvalue weighted by Gasteiger charge is -2.26. The molecule has 0 aliphatic heterocycles. The number of amides is 2. The highest BCUT2D eigenvalue weighted by Gasteiger charge is 2.25. The Labute approximate surface area is 192 Å². The molecule has 0 aliphatic carbocycles. The summed E-state index contributed by atoms with van der Waals surface area (Å²) in [5, 5.41) is 5.32. The lowest BCUT2D eigenvalue weighted by molar-refractivity contribution is -0.137. The van der Waals surface area contributed by atoms with Crippen molar-refractivity contribution in [3.8, 4) is 28.6 Å². The Hall–Kier alpha value is -4.01. The van der Waals surface area contributed by atoms with Gasteiger partial charge in [-0.25, -0.2) is 4.98 Å². The molecule has 3 aromatic rings. The van der Waals surface area contributed by atoms with Gasteiger partial charge >= 0.3 is 11.8 Å². The van der Waals surface area contributed by atoms with Crippen molar-refractivity contribution in [2.24, 2.45) is 0 Å². The molecule has 1 aromatic heterocycles. The zero-order valence-electron chi connectivity index (χ0n) is 19.0. The second-order valence-electron chi connectivity index (χ2n) is 7.85. The van der Waals surface area contributed by atoms with Crippen LogP contribution in [0, 0.1) is 0 Å². The predicted molar refractivity (Wildman–Crippen MR) is 122 cm³/mol. The molecule has 33 heavy (non-hydrogen) atoms. The predicted octanol–water partition coefficient (Wildman–Crippen LogP) is 3.66. The van der Waals surface area contributed by atoms with Crippen LogP contribution in [0.15, 0.2) is 59.5 Å². The maximum absolute atomic E-state index is 12.4. The van der Waals surface area contributed by atoms with Gasteiger partial charge in [0.1, 0.15) is 17.2 Å². The molecule has 0 atom stereocenters. The topological polar surface area (TPSA) is 112 Å². The smallest absolute Gasteiger partial charge is 0.313 e. The Morgan fingerprint density at radius 2 is 1.73 bits per heavy atom. The summed E-state index contributed by atoms with van der Waals surface area (Å²) in [5.41, 5.74) is 0.431. The van der Waals surface area contributed by atoms with Gasteiger partial charge < -0.3 is 29.3 Å². The van der Waals surface area contributed by atoms with E-state index < -0.39 is 17.4 Å². The first-order chi connectivity index (χ1) is 15.8. The molecule has 0 spiro atoms. The maximum atomic E-state index is 12.4. The molecule has 1 heterocycles. The van der Waals surface area contributed by atoms with E-state index in [1.165, 1.54) is 13.5 Å². The maximum Gasteiger partial charge on any atom is 0.313 e. The van der Waals surface area contributed by atoms with Gasteiger partial charge in [0.2, 0.25) is 0 Å². The van der Waals surface area contributed by atoms with Gasteiger partial charge in [-0.3, -0.25) is 9.59 Å². The Morgan fingerprint density at radius 3 is 2.36 bits per heavy atom. The summed E-state index contributed by atoms with van der Waals surface area (Å²) in [7, 11) is 3.10. The minimum absolute atomic E-state index is 0.363. The van der Waals surface area contributed by atoms with Crippen LogP contribution in [0.3, 0.4) is 0 Å². The monoisotopic (exact) mass is 453 g/mol. The van der Waals surface area contributed by atoms with Crippen molar-refractivity contribution in [3.05, 3.63) is 55.1 Å². The Balaban J connectivity index is 1.53. The average molecular weight is 453 g/mol. The fraction of sp³-hybridized carbons (Fsp3) is 0.292. The normalized spacial score (nSPS) is 10.9. The minimum Gasteiger partial charge on any atom is -0.497 e. The van der Waals surface area contributed by atoms with Crippen molar-refractivity contribution < 1.29 is 28.2 Å². The van der Waals surface area contributed by atoms with Crippen LogP contribution in [0.1, 0.15) is 20.3 Å². The first kappa shape index (κ1) is 23.6. The van der Waals surface area contributed by atoms with Gasteiger partial charge in [-0.05, 0) is 50.2 Å². The summed E-state index contributed by atoms with van der Waals surface area (Å²) < 4.78 is 21.5. The number of hydrogen-bond donors (Lipinski definition) is 2. The molecule has 9 nitrogen and oxygen atoms in total. The summed E-state index contributed by atoms with van der Waals surface area (Å²) in [6, 6.07) is 12.2. The summed E-state index contributed by atoms with van der Waals surface area (Å²) in [4.78, 5) is 28.8. The average Bonchev–Trinajstić information content (AvgIpc) is 3.33. The molecule has 2 amide bonds. The molecule has 2 aromatic carbocycles.